The highest BCUT2D eigenvalue weighted by Crippen LogP contribution is 2.23. The molecule has 0 saturated heterocycles. The largest absolute Gasteiger partial charge is 0.459 e. The maximum absolute atomic E-state index is 12.8. The molecule has 1 saturated carbocycles. The summed E-state index contributed by atoms with van der Waals surface area (Å²) >= 11 is 5.80. The van der Waals surface area contributed by atoms with Crippen molar-refractivity contribution in [3.05, 3.63) is 34.6 Å². The molecule has 0 spiro atoms. The molecule has 2 rings (SSSR count). The van der Waals surface area contributed by atoms with Crippen molar-refractivity contribution in [1.29, 1.82) is 0 Å². The van der Waals surface area contributed by atoms with E-state index in [-0.39, 0.29) is 16.7 Å². The third-order valence-electron chi connectivity index (χ3n) is 2.98. The molecule has 2 nitrogen and oxygen atoms in total. The zero-order valence-corrected chi connectivity index (χ0v) is 10.2. The van der Waals surface area contributed by atoms with Gasteiger partial charge in [-0.05, 0) is 43.9 Å². The van der Waals surface area contributed by atoms with Gasteiger partial charge in [0, 0.05) is 0 Å². The van der Waals surface area contributed by atoms with E-state index in [2.05, 4.69) is 0 Å². The third kappa shape index (κ3) is 3.19. The predicted octanol–water partition coefficient (Wildman–Crippen LogP) is 3.97. The van der Waals surface area contributed by atoms with Crippen LogP contribution in [0.2, 0.25) is 5.02 Å². The van der Waals surface area contributed by atoms with Gasteiger partial charge in [-0.3, -0.25) is 0 Å². The Bertz CT molecular complexity index is 414. The standard InChI is InChI=1S/C13H14ClFO2/c14-12-8-9(15)6-7-11(12)13(16)17-10-4-2-1-3-5-10/h6-8,10H,1-5H2. The third-order valence-corrected chi connectivity index (χ3v) is 3.29. The Balaban J connectivity index is 2.03. The maximum Gasteiger partial charge on any atom is 0.339 e. The van der Waals surface area contributed by atoms with Crippen LogP contribution in [0, 0.1) is 5.82 Å². The highest BCUT2D eigenvalue weighted by Gasteiger charge is 2.20. The molecule has 1 aromatic rings. The number of halogens is 2. The van der Waals surface area contributed by atoms with Crippen molar-refractivity contribution < 1.29 is 13.9 Å². The Kier molecular flexibility index (Phi) is 4.00. The lowest BCUT2D eigenvalue weighted by Crippen LogP contribution is -2.21. The molecule has 0 unspecified atom stereocenters. The lowest BCUT2D eigenvalue weighted by molar-refractivity contribution is 0.0211. The molecule has 0 radical (unpaired) electrons. The van der Waals surface area contributed by atoms with Gasteiger partial charge in [0.15, 0.2) is 0 Å². The molecule has 1 aliphatic rings. The molecular formula is C13H14ClFO2. The average molecular weight is 257 g/mol. The summed E-state index contributed by atoms with van der Waals surface area (Å²) in [4.78, 5) is 11.8. The van der Waals surface area contributed by atoms with Crippen LogP contribution < -0.4 is 0 Å². The van der Waals surface area contributed by atoms with Gasteiger partial charge in [-0.2, -0.15) is 0 Å². The number of carbonyl (C=O) groups is 1. The Morgan fingerprint density at radius 3 is 2.65 bits per heavy atom. The van der Waals surface area contributed by atoms with Gasteiger partial charge in [-0.1, -0.05) is 18.0 Å². The molecule has 1 aliphatic carbocycles. The molecule has 4 heteroatoms. The van der Waals surface area contributed by atoms with Gasteiger partial charge >= 0.3 is 5.97 Å². The van der Waals surface area contributed by atoms with Crippen LogP contribution in [0.5, 0.6) is 0 Å². The fraction of sp³-hybridized carbons (Fsp3) is 0.462. The smallest absolute Gasteiger partial charge is 0.339 e. The summed E-state index contributed by atoms with van der Waals surface area (Å²) in [5.74, 6) is -0.911. The minimum atomic E-state index is -0.457. The van der Waals surface area contributed by atoms with Gasteiger partial charge in [0.05, 0.1) is 10.6 Å². The summed E-state index contributed by atoms with van der Waals surface area (Å²) in [6.07, 6.45) is 5.18. The zero-order valence-electron chi connectivity index (χ0n) is 9.42. The number of esters is 1. The second-order valence-corrected chi connectivity index (χ2v) is 4.70. The molecule has 0 atom stereocenters. The molecule has 0 aliphatic heterocycles. The van der Waals surface area contributed by atoms with Gasteiger partial charge in [-0.15, -0.1) is 0 Å². The van der Waals surface area contributed by atoms with Crippen LogP contribution in [0.25, 0.3) is 0 Å². The van der Waals surface area contributed by atoms with Crippen molar-refractivity contribution in [3.8, 4) is 0 Å². The lowest BCUT2D eigenvalue weighted by Gasteiger charge is -2.21. The first-order chi connectivity index (χ1) is 8.16. The Morgan fingerprint density at radius 1 is 1.29 bits per heavy atom. The van der Waals surface area contributed by atoms with Gasteiger partial charge in [0.1, 0.15) is 11.9 Å². The lowest BCUT2D eigenvalue weighted by atomic mass is 9.98. The van der Waals surface area contributed by atoms with E-state index >= 15 is 0 Å². The number of ether oxygens (including phenoxy) is 1. The zero-order chi connectivity index (χ0) is 12.3. The van der Waals surface area contributed by atoms with Crippen LogP contribution in [0.15, 0.2) is 18.2 Å². The molecule has 0 aromatic heterocycles. The number of hydrogen-bond donors (Lipinski definition) is 0. The van der Waals surface area contributed by atoms with Crippen molar-refractivity contribution in [2.75, 3.05) is 0 Å². The molecule has 0 bridgehead atoms. The first-order valence-corrected chi connectivity index (χ1v) is 6.20. The van der Waals surface area contributed by atoms with E-state index < -0.39 is 11.8 Å². The summed E-state index contributed by atoms with van der Waals surface area (Å²) in [5, 5.41) is 0.103. The molecule has 0 amide bonds. The van der Waals surface area contributed by atoms with E-state index in [1.165, 1.54) is 18.6 Å². The van der Waals surface area contributed by atoms with E-state index in [1.807, 2.05) is 0 Å². The van der Waals surface area contributed by atoms with E-state index in [1.54, 1.807) is 0 Å². The van der Waals surface area contributed by atoms with Crippen LogP contribution in [0.4, 0.5) is 4.39 Å². The molecule has 0 N–H and O–H groups in total. The summed E-state index contributed by atoms with van der Waals surface area (Å²) in [6.45, 7) is 0. The second kappa shape index (κ2) is 5.50. The SMILES string of the molecule is O=C(OC1CCCCC1)c1ccc(F)cc1Cl. The number of benzene rings is 1. The summed E-state index contributed by atoms with van der Waals surface area (Å²) in [5.41, 5.74) is 0.235. The molecule has 0 heterocycles. The topological polar surface area (TPSA) is 26.3 Å². The average Bonchev–Trinajstić information content (AvgIpc) is 2.30. The highest BCUT2D eigenvalue weighted by atomic mass is 35.5. The number of rotatable bonds is 2. The Hall–Kier alpha value is -1.09. The first kappa shape index (κ1) is 12.4. The number of carbonyl (C=O) groups excluding carboxylic acids is 1. The van der Waals surface area contributed by atoms with Crippen LogP contribution >= 0.6 is 11.6 Å². The number of hydrogen-bond acceptors (Lipinski definition) is 2. The maximum atomic E-state index is 12.8. The van der Waals surface area contributed by atoms with Gasteiger partial charge in [0.2, 0.25) is 0 Å². The monoisotopic (exact) mass is 256 g/mol. The summed E-state index contributed by atoms with van der Waals surface area (Å²) in [6, 6.07) is 3.70. The van der Waals surface area contributed by atoms with Crippen molar-refractivity contribution in [2.45, 2.75) is 38.2 Å². The van der Waals surface area contributed by atoms with E-state index in [4.69, 9.17) is 16.3 Å². The van der Waals surface area contributed by atoms with E-state index in [9.17, 15) is 9.18 Å². The van der Waals surface area contributed by atoms with Crippen LogP contribution in [0.1, 0.15) is 42.5 Å². The fourth-order valence-corrected chi connectivity index (χ4v) is 2.30. The van der Waals surface area contributed by atoms with Crippen molar-refractivity contribution >= 4 is 17.6 Å². The van der Waals surface area contributed by atoms with Crippen LogP contribution in [-0.2, 0) is 4.74 Å². The normalized spacial score (nSPS) is 16.8. The predicted molar refractivity (Wildman–Crippen MR) is 63.7 cm³/mol. The van der Waals surface area contributed by atoms with Crippen LogP contribution in [-0.4, -0.2) is 12.1 Å². The summed E-state index contributed by atoms with van der Waals surface area (Å²) in [7, 11) is 0. The van der Waals surface area contributed by atoms with Crippen molar-refractivity contribution in [2.24, 2.45) is 0 Å². The molecule has 1 fully saturated rings. The van der Waals surface area contributed by atoms with Gasteiger partial charge in [-0.25, -0.2) is 9.18 Å². The van der Waals surface area contributed by atoms with Crippen molar-refractivity contribution in [1.82, 2.24) is 0 Å². The van der Waals surface area contributed by atoms with E-state index in [0.29, 0.717) is 0 Å². The van der Waals surface area contributed by atoms with Gasteiger partial charge < -0.3 is 4.74 Å². The quantitative estimate of drug-likeness (QED) is 0.749. The minimum absolute atomic E-state index is 0.0163. The molecule has 92 valence electrons. The molecule has 17 heavy (non-hydrogen) atoms. The summed E-state index contributed by atoms with van der Waals surface area (Å²) < 4.78 is 18.2. The molecule has 1 aromatic carbocycles. The highest BCUT2D eigenvalue weighted by molar-refractivity contribution is 6.33. The second-order valence-electron chi connectivity index (χ2n) is 4.29. The van der Waals surface area contributed by atoms with Crippen LogP contribution in [0.3, 0.4) is 0 Å². The Labute approximate surface area is 105 Å². The van der Waals surface area contributed by atoms with Crippen molar-refractivity contribution in [3.63, 3.8) is 0 Å². The first-order valence-electron chi connectivity index (χ1n) is 5.83. The molecular weight excluding hydrogens is 243 g/mol. The minimum Gasteiger partial charge on any atom is -0.459 e. The van der Waals surface area contributed by atoms with E-state index in [0.717, 1.165) is 31.7 Å². The Morgan fingerprint density at radius 2 is 2.00 bits per heavy atom. The fourth-order valence-electron chi connectivity index (χ4n) is 2.05. The van der Waals surface area contributed by atoms with Gasteiger partial charge in [0.25, 0.3) is 0 Å².